The number of ketones is 2. The molecule has 1 aliphatic heterocycles. The van der Waals surface area contributed by atoms with E-state index in [1.165, 1.54) is 0 Å². The quantitative estimate of drug-likeness (QED) is 0.620. The van der Waals surface area contributed by atoms with Crippen molar-refractivity contribution in [2.24, 2.45) is 5.92 Å². The summed E-state index contributed by atoms with van der Waals surface area (Å²) in [7, 11) is 0. The Balaban J connectivity index is 1.77. The van der Waals surface area contributed by atoms with Gasteiger partial charge in [-0.15, -0.1) is 0 Å². The van der Waals surface area contributed by atoms with Crippen molar-refractivity contribution in [1.29, 1.82) is 0 Å². The zero-order valence-electron chi connectivity index (χ0n) is 16.0. The van der Waals surface area contributed by atoms with Gasteiger partial charge in [-0.2, -0.15) is 0 Å². The number of phenols is 2. The Labute approximate surface area is 167 Å². The van der Waals surface area contributed by atoms with E-state index in [4.69, 9.17) is 9.47 Å². The van der Waals surface area contributed by atoms with Crippen LogP contribution in [0.4, 0.5) is 0 Å². The fraction of sp³-hybridized carbons (Fsp3) is 0.455. The molecule has 1 fully saturated rings. The molecule has 0 radical (unpaired) electrons. The molecule has 152 valence electrons. The van der Waals surface area contributed by atoms with Crippen molar-refractivity contribution in [2.75, 3.05) is 13.2 Å². The maximum absolute atomic E-state index is 13.6. The van der Waals surface area contributed by atoms with E-state index >= 15 is 0 Å². The maximum atomic E-state index is 13.6. The first kappa shape index (κ1) is 18.5. The van der Waals surface area contributed by atoms with Crippen LogP contribution < -0.4 is 0 Å². The van der Waals surface area contributed by atoms with E-state index in [1.807, 2.05) is 13.0 Å². The predicted octanol–water partition coefficient (Wildman–Crippen LogP) is 1.96. The summed E-state index contributed by atoms with van der Waals surface area (Å²) in [4.78, 5) is 27.0. The number of carbonyl (C=O) groups excluding carboxylic acids is 2. The lowest BCUT2D eigenvalue weighted by atomic mass is 9.71. The highest BCUT2D eigenvalue weighted by molar-refractivity contribution is 6.31. The number of ether oxygens (including phenoxy) is 2. The minimum absolute atomic E-state index is 0.0906. The minimum Gasteiger partial charge on any atom is -0.507 e. The predicted molar refractivity (Wildman–Crippen MR) is 101 cm³/mol. The van der Waals surface area contributed by atoms with Crippen LogP contribution >= 0.6 is 0 Å². The van der Waals surface area contributed by atoms with E-state index in [2.05, 4.69) is 0 Å². The van der Waals surface area contributed by atoms with Crippen LogP contribution in [0.2, 0.25) is 0 Å². The number of benzene rings is 1. The second kappa shape index (κ2) is 6.26. The van der Waals surface area contributed by atoms with Crippen LogP contribution in [0.3, 0.4) is 0 Å². The lowest BCUT2D eigenvalue weighted by molar-refractivity contribution is -0.153. The monoisotopic (exact) mass is 398 g/mol. The summed E-state index contributed by atoms with van der Waals surface area (Å²) in [5.74, 6) is -3.33. The van der Waals surface area contributed by atoms with Crippen molar-refractivity contribution in [3.63, 3.8) is 0 Å². The topological polar surface area (TPSA) is 113 Å². The van der Waals surface area contributed by atoms with Crippen LogP contribution in [0.1, 0.15) is 51.6 Å². The number of allylic oxidation sites excluding steroid dienone is 2. The number of aliphatic hydroxyl groups excluding tert-OH is 1. The largest absolute Gasteiger partial charge is 0.507 e. The smallest absolute Gasteiger partial charge is 0.206 e. The Morgan fingerprint density at radius 1 is 1.07 bits per heavy atom. The molecule has 7 heteroatoms. The van der Waals surface area contributed by atoms with E-state index in [0.29, 0.717) is 43.6 Å². The maximum Gasteiger partial charge on any atom is 0.206 e. The summed E-state index contributed by atoms with van der Waals surface area (Å²) in [6.07, 6.45) is 4.22. The van der Waals surface area contributed by atoms with Crippen LogP contribution in [0.5, 0.6) is 11.5 Å². The molecule has 4 aliphatic rings. The molecule has 5 rings (SSSR count). The summed E-state index contributed by atoms with van der Waals surface area (Å²) in [5, 5.41) is 31.8. The number of aromatic hydroxyl groups is 2. The van der Waals surface area contributed by atoms with Crippen molar-refractivity contribution < 1.29 is 34.4 Å². The third kappa shape index (κ3) is 2.29. The molecular formula is C22H22O7. The molecule has 1 heterocycles. The number of aliphatic hydroxyl groups is 1. The van der Waals surface area contributed by atoms with Gasteiger partial charge in [-0.25, -0.2) is 0 Å². The van der Waals surface area contributed by atoms with Gasteiger partial charge in [-0.1, -0.05) is 19.1 Å². The fourth-order valence-corrected chi connectivity index (χ4v) is 5.12. The SMILES string of the molecule is CCC1C=CC2=C(C(=O)c3c(O)c4c(c(O)c3C2=O)CCC(O)C4)C12OCCO2. The van der Waals surface area contributed by atoms with Crippen LogP contribution in [0.25, 0.3) is 0 Å². The molecule has 2 unspecified atom stereocenters. The van der Waals surface area contributed by atoms with Gasteiger partial charge in [-0.05, 0) is 19.3 Å². The van der Waals surface area contributed by atoms with Crippen molar-refractivity contribution in [2.45, 2.75) is 44.5 Å². The molecule has 1 saturated heterocycles. The highest BCUT2D eigenvalue weighted by Gasteiger charge is 2.55. The van der Waals surface area contributed by atoms with Gasteiger partial charge in [0.2, 0.25) is 5.79 Å². The summed E-state index contributed by atoms with van der Waals surface area (Å²) in [6, 6.07) is 0. The van der Waals surface area contributed by atoms with E-state index in [0.717, 1.165) is 0 Å². The first-order valence-corrected chi connectivity index (χ1v) is 9.98. The molecule has 1 spiro atoms. The van der Waals surface area contributed by atoms with E-state index in [9.17, 15) is 24.9 Å². The lowest BCUT2D eigenvalue weighted by Gasteiger charge is -2.40. The van der Waals surface area contributed by atoms with Crippen LogP contribution in [-0.2, 0) is 22.3 Å². The summed E-state index contributed by atoms with van der Waals surface area (Å²) >= 11 is 0. The summed E-state index contributed by atoms with van der Waals surface area (Å²) in [5.41, 5.74) is 0.585. The van der Waals surface area contributed by atoms with Gasteiger partial charge in [0, 0.05) is 29.0 Å². The molecular weight excluding hydrogens is 376 g/mol. The molecule has 2 atom stereocenters. The van der Waals surface area contributed by atoms with Gasteiger partial charge in [-0.3, -0.25) is 9.59 Å². The van der Waals surface area contributed by atoms with Crippen LogP contribution in [0, 0.1) is 5.92 Å². The number of phenolic OH excluding ortho intramolecular Hbond substituents is 2. The Hall–Kier alpha value is -2.48. The van der Waals surface area contributed by atoms with E-state index in [-0.39, 0.29) is 46.1 Å². The van der Waals surface area contributed by atoms with Crippen LogP contribution in [0.15, 0.2) is 23.3 Å². The molecule has 0 amide bonds. The highest BCUT2D eigenvalue weighted by atomic mass is 16.7. The number of rotatable bonds is 1. The van der Waals surface area contributed by atoms with Crippen molar-refractivity contribution in [3.8, 4) is 11.5 Å². The van der Waals surface area contributed by atoms with Crippen molar-refractivity contribution in [1.82, 2.24) is 0 Å². The van der Waals surface area contributed by atoms with E-state index in [1.54, 1.807) is 6.08 Å². The van der Waals surface area contributed by atoms with Crippen LogP contribution in [-0.4, -0.2) is 52.0 Å². The standard InChI is InChI=1S/C22H22O7/c1-2-10-3-5-13-17(22(10)28-7-8-29-22)21(27)16-15(19(13)25)18(24)12-6-4-11(23)9-14(12)20(16)26/h3,5,10-11,23-24,26H,2,4,6-9H2,1H3. The molecule has 0 aromatic heterocycles. The van der Waals surface area contributed by atoms with Gasteiger partial charge >= 0.3 is 0 Å². The first-order valence-electron chi connectivity index (χ1n) is 9.98. The van der Waals surface area contributed by atoms with E-state index < -0.39 is 23.5 Å². The molecule has 1 aromatic rings. The second-order valence-corrected chi connectivity index (χ2v) is 7.99. The van der Waals surface area contributed by atoms with Gasteiger partial charge < -0.3 is 24.8 Å². The molecule has 1 aromatic carbocycles. The molecule has 3 aliphatic carbocycles. The third-order valence-electron chi connectivity index (χ3n) is 6.51. The van der Waals surface area contributed by atoms with Gasteiger partial charge in [0.05, 0.1) is 36.0 Å². The average molecular weight is 398 g/mol. The Morgan fingerprint density at radius 3 is 2.41 bits per heavy atom. The zero-order chi connectivity index (χ0) is 20.5. The first-order chi connectivity index (χ1) is 13.9. The van der Waals surface area contributed by atoms with Crippen molar-refractivity contribution in [3.05, 3.63) is 45.6 Å². The fourth-order valence-electron chi connectivity index (χ4n) is 5.12. The van der Waals surface area contributed by atoms with Gasteiger partial charge in [0.25, 0.3) is 0 Å². The van der Waals surface area contributed by atoms with Gasteiger partial charge in [0.1, 0.15) is 11.5 Å². The van der Waals surface area contributed by atoms with Crippen molar-refractivity contribution >= 4 is 11.6 Å². The Bertz CT molecular complexity index is 1010. The molecule has 7 nitrogen and oxygen atoms in total. The summed E-state index contributed by atoms with van der Waals surface area (Å²) in [6.45, 7) is 2.53. The number of Topliss-reactive ketones (excluding diaryl/α,β-unsaturated/α-hetero) is 2. The Kier molecular flexibility index (Phi) is 4.00. The van der Waals surface area contributed by atoms with Gasteiger partial charge in [0.15, 0.2) is 11.6 Å². The minimum atomic E-state index is -1.36. The number of fused-ring (bicyclic) bond motifs is 3. The summed E-state index contributed by atoms with van der Waals surface area (Å²) < 4.78 is 11.8. The third-order valence-corrected chi connectivity index (χ3v) is 6.51. The lowest BCUT2D eigenvalue weighted by Crippen LogP contribution is -2.47. The normalized spacial score (nSPS) is 27.2. The second-order valence-electron chi connectivity index (χ2n) is 7.99. The number of hydrogen-bond donors (Lipinski definition) is 3. The molecule has 0 saturated carbocycles. The Morgan fingerprint density at radius 2 is 1.72 bits per heavy atom. The highest BCUT2D eigenvalue weighted by Crippen LogP contribution is 2.51. The molecule has 3 N–H and O–H groups in total. The number of hydrogen-bond acceptors (Lipinski definition) is 7. The molecule has 29 heavy (non-hydrogen) atoms. The average Bonchev–Trinajstić information content (AvgIpc) is 3.18. The number of carbonyl (C=O) groups is 2. The molecule has 0 bridgehead atoms. The zero-order valence-corrected chi connectivity index (χ0v) is 16.0.